The SMILES string of the molecule is C1CN2CCC1CC2.CC(=O)N(C)c1ccc2c(C(N)=O)nsc2c1. The fourth-order valence-corrected chi connectivity index (χ4v) is 4.17. The van der Waals surface area contributed by atoms with Crippen molar-refractivity contribution in [2.45, 2.75) is 26.2 Å². The zero-order chi connectivity index (χ0) is 18.0. The lowest BCUT2D eigenvalue weighted by molar-refractivity contribution is -0.116. The van der Waals surface area contributed by atoms with Gasteiger partial charge in [-0.3, -0.25) is 9.59 Å². The highest BCUT2D eigenvalue weighted by molar-refractivity contribution is 7.13. The van der Waals surface area contributed by atoms with Crippen molar-refractivity contribution in [1.82, 2.24) is 9.27 Å². The number of carbonyl (C=O) groups is 2. The molecule has 2 amide bonds. The molecule has 2 bridgehead atoms. The van der Waals surface area contributed by atoms with E-state index in [2.05, 4.69) is 9.27 Å². The van der Waals surface area contributed by atoms with Gasteiger partial charge in [-0.2, -0.15) is 4.37 Å². The number of hydrogen-bond acceptors (Lipinski definition) is 5. The van der Waals surface area contributed by atoms with Crippen LogP contribution >= 0.6 is 11.5 Å². The molecule has 0 atom stereocenters. The maximum atomic E-state index is 11.2. The van der Waals surface area contributed by atoms with Crippen LogP contribution in [0.1, 0.15) is 36.7 Å². The number of piperidine rings is 3. The van der Waals surface area contributed by atoms with Crippen molar-refractivity contribution in [2.75, 3.05) is 31.6 Å². The van der Waals surface area contributed by atoms with Crippen LogP contribution in [0.5, 0.6) is 0 Å². The van der Waals surface area contributed by atoms with Crippen LogP contribution < -0.4 is 10.6 Å². The number of fused-ring (bicyclic) bond motifs is 4. The second kappa shape index (κ2) is 7.49. The number of anilines is 1. The number of nitrogens with zero attached hydrogens (tertiary/aromatic N) is 3. The molecule has 3 aliphatic rings. The van der Waals surface area contributed by atoms with Crippen LogP contribution in [-0.4, -0.2) is 47.8 Å². The largest absolute Gasteiger partial charge is 0.364 e. The van der Waals surface area contributed by atoms with Crippen molar-refractivity contribution >= 4 is 39.1 Å². The molecule has 0 spiro atoms. The summed E-state index contributed by atoms with van der Waals surface area (Å²) < 4.78 is 4.84. The van der Waals surface area contributed by atoms with E-state index in [1.54, 1.807) is 19.2 Å². The Morgan fingerprint density at radius 1 is 1.24 bits per heavy atom. The van der Waals surface area contributed by atoms with Gasteiger partial charge >= 0.3 is 0 Å². The zero-order valence-electron chi connectivity index (χ0n) is 14.7. The molecule has 5 rings (SSSR count). The lowest BCUT2D eigenvalue weighted by atomic mass is 9.89. The van der Waals surface area contributed by atoms with Crippen LogP contribution in [0.2, 0.25) is 0 Å². The molecule has 1 aromatic heterocycles. The van der Waals surface area contributed by atoms with E-state index in [0.29, 0.717) is 0 Å². The Morgan fingerprint density at radius 3 is 2.32 bits per heavy atom. The van der Waals surface area contributed by atoms with E-state index < -0.39 is 5.91 Å². The summed E-state index contributed by atoms with van der Waals surface area (Å²) in [6, 6.07) is 5.35. The number of amides is 2. The van der Waals surface area contributed by atoms with Crippen molar-refractivity contribution in [2.24, 2.45) is 11.7 Å². The minimum atomic E-state index is -0.538. The highest BCUT2D eigenvalue weighted by atomic mass is 32.1. The van der Waals surface area contributed by atoms with Crippen LogP contribution in [0.3, 0.4) is 0 Å². The van der Waals surface area contributed by atoms with Gasteiger partial charge in [0.1, 0.15) is 5.69 Å². The lowest BCUT2D eigenvalue weighted by Gasteiger charge is -2.38. The Balaban J connectivity index is 0.000000188. The van der Waals surface area contributed by atoms with Gasteiger partial charge < -0.3 is 15.5 Å². The van der Waals surface area contributed by atoms with Crippen LogP contribution in [-0.2, 0) is 4.79 Å². The van der Waals surface area contributed by atoms with Crippen molar-refractivity contribution < 1.29 is 9.59 Å². The second-order valence-corrected chi connectivity index (χ2v) is 7.53. The number of aromatic nitrogens is 1. The van der Waals surface area contributed by atoms with Crippen LogP contribution in [0.25, 0.3) is 10.1 Å². The third kappa shape index (κ3) is 3.99. The molecule has 3 saturated heterocycles. The van der Waals surface area contributed by atoms with Crippen LogP contribution in [0.15, 0.2) is 18.2 Å². The third-order valence-electron chi connectivity index (χ3n) is 5.11. The first-order valence-electron chi connectivity index (χ1n) is 8.61. The van der Waals surface area contributed by atoms with Gasteiger partial charge in [-0.25, -0.2) is 0 Å². The van der Waals surface area contributed by atoms with Crippen molar-refractivity contribution in [3.05, 3.63) is 23.9 Å². The van der Waals surface area contributed by atoms with Gasteiger partial charge in [-0.1, -0.05) is 0 Å². The fourth-order valence-electron chi connectivity index (χ4n) is 3.36. The molecule has 7 heteroatoms. The van der Waals surface area contributed by atoms with Crippen molar-refractivity contribution in [3.63, 3.8) is 0 Å². The molecule has 4 heterocycles. The Hall–Kier alpha value is -1.99. The normalized spacial score (nSPS) is 21.5. The van der Waals surface area contributed by atoms with E-state index >= 15 is 0 Å². The summed E-state index contributed by atoms with van der Waals surface area (Å²) in [5.74, 6) is 0.521. The Labute approximate surface area is 151 Å². The summed E-state index contributed by atoms with van der Waals surface area (Å²) in [5, 5.41) is 0.725. The summed E-state index contributed by atoms with van der Waals surface area (Å²) in [5.41, 5.74) is 6.26. The predicted molar refractivity (Wildman–Crippen MR) is 101 cm³/mol. The first-order valence-corrected chi connectivity index (χ1v) is 9.39. The van der Waals surface area contributed by atoms with E-state index in [1.165, 1.54) is 62.3 Å². The van der Waals surface area contributed by atoms with Gasteiger partial charge in [0.05, 0.1) is 4.70 Å². The maximum absolute atomic E-state index is 11.2. The van der Waals surface area contributed by atoms with E-state index in [1.807, 2.05) is 6.07 Å². The van der Waals surface area contributed by atoms with Gasteiger partial charge in [0, 0.05) is 25.0 Å². The van der Waals surface area contributed by atoms with Crippen LogP contribution in [0, 0.1) is 5.92 Å². The molecule has 0 saturated carbocycles. The number of benzene rings is 1. The molecule has 0 unspecified atom stereocenters. The highest BCUT2D eigenvalue weighted by Gasteiger charge is 2.24. The smallest absolute Gasteiger partial charge is 0.269 e. The average Bonchev–Trinajstić information content (AvgIpc) is 3.06. The molecule has 3 fully saturated rings. The Bertz CT molecular complexity index is 757. The molecular formula is C18H24N4O2S. The van der Waals surface area contributed by atoms with Crippen molar-refractivity contribution in [1.29, 1.82) is 0 Å². The standard InChI is InChI=1S/C11H11N3O2S.C7H13N/c1-6(15)14(2)7-3-4-8-9(5-7)17-13-10(8)11(12)16;1-4-8-5-2-7(1)3-6-8/h3-5H,1-2H3,(H2,12,16);7H,1-6H2. The van der Waals surface area contributed by atoms with E-state index in [4.69, 9.17) is 5.73 Å². The molecule has 25 heavy (non-hydrogen) atoms. The topological polar surface area (TPSA) is 79.5 Å². The molecule has 2 aromatic rings. The van der Waals surface area contributed by atoms with Gasteiger partial charge in [0.15, 0.2) is 0 Å². The molecular weight excluding hydrogens is 336 g/mol. The molecule has 134 valence electrons. The zero-order valence-corrected chi connectivity index (χ0v) is 15.5. The lowest BCUT2D eigenvalue weighted by Crippen LogP contribution is -2.41. The van der Waals surface area contributed by atoms with Gasteiger partial charge in [0.2, 0.25) is 5.91 Å². The van der Waals surface area contributed by atoms with E-state index in [0.717, 1.165) is 21.7 Å². The molecule has 0 radical (unpaired) electrons. The summed E-state index contributed by atoms with van der Waals surface area (Å²) in [6.07, 6.45) is 4.46. The summed E-state index contributed by atoms with van der Waals surface area (Å²) in [7, 11) is 1.69. The monoisotopic (exact) mass is 360 g/mol. The maximum Gasteiger partial charge on any atom is 0.269 e. The number of carbonyl (C=O) groups excluding carboxylic acids is 2. The number of nitrogens with two attached hydrogens (primary N) is 1. The first-order chi connectivity index (χ1) is 12.0. The molecule has 2 N–H and O–H groups in total. The summed E-state index contributed by atoms with van der Waals surface area (Å²) in [4.78, 5) is 26.5. The number of primary amides is 1. The minimum absolute atomic E-state index is 0.0519. The fraction of sp³-hybridized carbons (Fsp3) is 0.500. The third-order valence-corrected chi connectivity index (χ3v) is 5.92. The molecule has 3 aliphatic heterocycles. The van der Waals surface area contributed by atoms with E-state index in [9.17, 15) is 9.59 Å². The van der Waals surface area contributed by atoms with Gasteiger partial charge in [0.25, 0.3) is 5.91 Å². The number of rotatable bonds is 2. The number of hydrogen-bond donors (Lipinski definition) is 1. The van der Waals surface area contributed by atoms with E-state index in [-0.39, 0.29) is 11.6 Å². The predicted octanol–water partition coefficient (Wildman–Crippen LogP) is 2.48. The average molecular weight is 360 g/mol. The Morgan fingerprint density at radius 2 is 1.88 bits per heavy atom. The highest BCUT2D eigenvalue weighted by Crippen LogP contribution is 2.27. The van der Waals surface area contributed by atoms with Crippen molar-refractivity contribution in [3.8, 4) is 0 Å². The Kier molecular flexibility index (Phi) is 5.34. The summed E-state index contributed by atoms with van der Waals surface area (Å²) in [6.45, 7) is 5.67. The quantitative estimate of drug-likeness (QED) is 0.892. The first kappa shape index (κ1) is 17.8. The van der Waals surface area contributed by atoms with Crippen LogP contribution in [0.4, 0.5) is 5.69 Å². The molecule has 1 aromatic carbocycles. The molecule has 6 nitrogen and oxygen atoms in total. The summed E-state index contributed by atoms with van der Waals surface area (Å²) >= 11 is 1.20. The second-order valence-electron chi connectivity index (χ2n) is 6.73. The van der Waals surface area contributed by atoms with Gasteiger partial charge in [-0.05, 0) is 74.5 Å². The molecule has 0 aliphatic carbocycles. The van der Waals surface area contributed by atoms with Gasteiger partial charge in [-0.15, -0.1) is 0 Å². The minimum Gasteiger partial charge on any atom is -0.364 e.